The van der Waals surface area contributed by atoms with Crippen molar-refractivity contribution in [2.45, 2.75) is 10.8 Å². The standard InChI is InChI=1S/C7H5ClF3NO2S2/c8-5-3-12-7(15-5)16(13,14)2-1-4(9)6(10)11/h3H,1-2H2. The van der Waals surface area contributed by atoms with Gasteiger partial charge in [-0.1, -0.05) is 22.9 Å². The summed E-state index contributed by atoms with van der Waals surface area (Å²) >= 11 is 6.16. The molecule has 0 spiro atoms. The summed E-state index contributed by atoms with van der Waals surface area (Å²) in [5.41, 5.74) is 0. The summed E-state index contributed by atoms with van der Waals surface area (Å²) in [4.78, 5) is 3.48. The van der Waals surface area contributed by atoms with Crippen LogP contribution in [0.2, 0.25) is 4.34 Å². The molecule has 16 heavy (non-hydrogen) atoms. The highest BCUT2D eigenvalue weighted by molar-refractivity contribution is 7.93. The molecule has 1 heterocycles. The molecule has 0 saturated heterocycles. The van der Waals surface area contributed by atoms with Crippen LogP contribution in [-0.4, -0.2) is 19.2 Å². The van der Waals surface area contributed by atoms with E-state index in [1.165, 1.54) is 0 Å². The number of allylic oxidation sites excluding steroid dienone is 1. The summed E-state index contributed by atoms with van der Waals surface area (Å²) in [6.07, 6.45) is -2.25. The van der Waals surface area contributed by atoms with Crippen molar-refractivity contribution in [3.8, 4) is 0 Å². The maximum absolute atomic E-state index is 12.4. The van der Waals surface area contributed by atoms with E-state index in [1.807, 2.05) is 0 Å². The van der Waals surface area contributed by atoms with E-state index in [4.69, 9.17) is 11.6 Å². The molecule has 1 rings (SSSR count). The van der Waals surface area contributed by atoms with Gasteiger partial charge in [-0.15, -0.1) is 0 Å². The van der Waals surface area contributed by atoms with Gasteiger partial charge < -0.3 is 0 Å². The van der Waals surface area contributed by atoms with E-state index in [2.05, 4.69) is 4.98 Å². The average Bonchev–Trinajstić information content (AvgIpc) is 2.61. The van der Waals surface area contributed by atoms with Crippen molar-refractivity contribution < 1.29 is 21.6 Å². The Balaban J connectivity index is 2.78. The van der Waals surface area contributed by atoms with Gasteiger partial charge in [0, 0.05) is 6.42 Å². The molecule has 0 N–H and O–H groups in total. The first-order chi connectivity index (χ1) is 7.33. The summed E-state index contributed by atoms with van der Waals surface area (Å²) in [5, 5.41) is 0. The van der Waals surface area contributed by atoms with E-state index >= 15 is 0 Å². The van der Waals surface area contributed by atoms with Crippen LogP contribution in [0, 0.1) is 0 Å². The summed E-state index contributed by atoms with van der Waals surface area (Å²) in [5.74, 6) is -2.49. The van der Waals surface area contributed by atoms with Crippen LogP contribution >= 0.6 is 22.9 Å². The van der Waals surface area contributed by atoms with Gasteiger partial charge in [-0.2, -0.15) is 8.78 Å². The molecule has 0 aliphatic rings. The highest BCUT2D eigenvalue weighted by atomic mass is 35.5. The van der Waals surface area contributed by atoms with Crippen molar-refractivity contribution in [2.75, 3.05) is 5.75 Å². The molecule has 0 saturated carbocycles. The molecule has 0 atom stereocenters. The molecule has 0 aromatic carbocycles. The predicted octanol–water partition coefficient (Wildman–Crippen LogP) is 3.04. The lowest BCUT2D eigenvalue weighted by atomic mass is 10.4. The number of nitrogens with zero attached hydrogens (tertiary/aromatic N) is 1. The van der Waals surface area contributed by atoms with Crippen LogP contribution in [0.4, 0.5) is 13.2 Å². The lowest BCUT2D eigenvalue weighted by molar-refractivity contribution is 0.373. The lowest BCUT2D eigenvalue weighted by Gasteiger charge is -1.98. The molecule has 0 fully saturated rings. The first-order valence-corrected chi connectivity index (χ1v) is 6.71. The van der Waals surface area contributed by atoms with Crippen molar-refractivity contribution in [3.63, 3.8) is 0 Å². The van der Waals surface area contributed by atoms with Crippen molar-refractivity contribution in [3.05, 3.63) is 22.4 Å². The third-order valence-corrected chi connectivity index (χ3v) is 4.82. The van der Waals surface area contributed by atoms with E-state index in [-0.39, 0.29) is 8.68 Å². The average molecular weight is 292 g/mol. The van der Waals surface area contributed by atoms with Gasteiger partial charge in [0.1, 0.15) is 4.34 Å². The van der Waals surface area contributed by atoms with Gasteiger partial charge in [-0.25, -0.2) is 17.8 Å². The number of hydrogen-bond donors (Lipinski definition) is 0. The van der Waals surface area contributed by atoms with Crippen molar-refractivity contribution in [1.29, 1.82) is 0 Å². The van der Waals surface area contributed by atoms with Gasteiger partial charge in [0.25, 0.3) is 0 Å². The zero-order chi connectivity index (χ0) is 12.3. The first kappa shape index (κ1) is 13.5. The molecular formula is C7H5ClF3NO2S2. The van der Waals surface area contributed by atoms with E-state index in [0.29, 0.717) is 11.3 Å². The summed E-state index contributed by atoms with van der Waals surface area (Å²) in [7, 11) is -3.85. The largest absolute Gasteiger partial charge is 0.301 e. The van der Waals surface area contributed by atoms with Gasteiger partial charge >= 0.3 is 6.08 Å². The minimum absolute atomic E-state index is 0.159. The Morgan fingerprint density at radius 2 is 2.06 bits per heavy atom. The minimum atomic E-state index is -3.85. The fraction of sp³-hybridized carbons (Fsp3) is 0.286. The van der Waals surface area contributed by atoms with Gasteiger partial charge in [-0.3, -0.25) is 0 Å². The Morgan fingerprint density at radius 3 is 2.50 bits per heavy atom. The molecule has 1 aromatic rings. The molecule has 0 radical (unpaired) electrons. The Bertz CT molecular complexity index is 507. The van der Waals surface area contributed by atoms with E-state index in [9.17, 15) is 21.6 Å². The monoisotopic (exact) mass is 291 g/mol. The van der Waals surface area contributed by atoms with Crippen molar-refractivity contribution >= 4 is 32.8 Å². The molecule has 0 aliphatic carbocycles. The van der Waals surface area contributed by atoms with Gasteiger partial charge in [0.2, 0.25) is 14.2 Å². The summed E-state index contributed by atoms with van der Waals surface area (Å²) < 4.78 is 58.5. The third-order valence-electron chi connectivity index (χ3n) is 1.52. The van der Waals surface area contributed by atoms with Gasteiger partial charge in [0.05, 0.1) is 11.9 Å². The number of sulfone groups is 1. The molecule has 0 bridgehead atoms. The minimum Gasteiger partial charge on any atom is -0.232 e. The molecule has 9 heteroatoms. The SMILES string of the molecule is O=S(=O)(CCC(F)=C(F)F)c1ncc(Cl)s1. The number of hydrogen-bond acceptors (Lipinski definition) is 4. The Labute approximate surface area is 98.5 Å². The molecule has 90 valence electrons. The van der Waals surface area contributed by atoms with Crippen LogP contribution in [0.3, 0.4) is 0 Å². The van der Waals surface area contributed by atoms with E-state index < -0.39 is 33.9 Å². The Morgan fingerprint density at radius 1 is 1.44 bits per heavy atom. The van der Waals surface area contributed by atoms with Crippen LogP contribution in [0.1, 0.15) is 6.42 Å². The smallest absolute Gasteiger partial charge is 0.232 e. The fourth-order valence-corrected chi connectivity index (χ4v) is 3.44. The molecule has 0 unspecified atom stereocenters. The van der Waals surface area contributed by atoms with Crippen LogP contribution in [0.15, 0.2) is 22.4 Å². The second kappa shape index (κ2) is 5.15. The van der Waals surface area contributed by atoms with E-state index in [0.717, 1.165) is 6.20 Å². The van der Waals surface area contributed by atoms with Crippen LogP contribution in [-0.2, 0) is 9.84 Å². The van der Waals surface area contributed by atoms with Crippen molar-refractivity contribution in [1.82, 2.24) is 4.98 Å². The van der Waals surface area contributed by atoms with Crippen molar-refractivity contribution in [2.24, 2.45) is 0 Å². The van der Waals surface area contributed by atoms with Crippen LogP contribution < -0.4 is 0 Å². The highest BCUT2D eigenvalue weighted by Gasteiger charge is 2.20. The zero-order valence-corrected chi connectivity index (χ0v) is 9.97. The van der Waals surface area contributed by atoms with Gasteiger partial charge in [-0.05, 0) is 0 Å². The fourth-order valence-electron chi connectivity index (χ4n) is 0.789. The second-order valence-electron chi connectivity index (χ2n) is 2.66. The third kappa shape index (κ3) is 3.46. The lowest BCUT2D eigenvalue weighted by Crippen LogP contribution is -2.06. The zero-order valence-electron chi connectivity index (χ0n) is 7.58. The molecule has 0 amide bonds. The summed E-state index contributed by atoms with van der Waals surface area (Å²) in [6, 6.07) is 0. The quantitative estimate of drug-likeness (QED) is 0.856. The topological polar surface area (TPSA) is 47.0 Å². The first-order valence-electron chi connectivity index (χ1n) is 3.86. The van der Waals surface area contributed by atoms with Crippen LogP contribution in [0.25, 0.3) is 0 Å². The van der Waals surface area contributed by atoms with Crippen LogP contribution in [0.5, 0.6) is 0 Å². The maximum atomic E-state index is 12.4. The van der Waals surface area contributed by atoms with Gasteiger partial charge in [0.15, 0.2) is 5.83 Å². The Kier molecular flexibility index (Phi) is 4.34. The number of aromatic nitrogens is 1. The highest BCUT2D eigenvalue weighted by Crippen LogP contribution is 2.24. The molecule has 1 aromatic heterocycles. The Hall–Kier alpha value is -0.600. The van der Waals surface area contributed by atoms with E-state index in [1.54, 1.807) is 0 Å². The molecule has 0 aliphatic heterocycles. The second-order valence-corrected chi connectivity index (χ2v) is 6.61. The maximum Gasteiger partial charge on any atom is 0.301 e. The predicted molar refractivity (Wildman–Crippen MR) is 54.1 cm³/mol. The normalized spacial score (nSPS) is 11.5. The molecular weight excluding hydrogens is 287 g/mol. The number of halogens is 4. The molecule has 3 nitrogen and oxygen atoms in total. The summed E-state index contributed by atoms with van der Waals surface area (Å²) in [6.45, 7) is 0. The number of thiazole rings is 1. The number of rotatable bonds is 4.